The van der Waals surface area contributed by atoms with Crippen LogP contribution in [0.25, 0.3) is 11.1 Å². The zero-order valence-electron chi connectivity index (χ0n) is 9.50. The minimum atomic E-state index is -0.818. The molecule has 0 heterocycles. The molecule has 0 atom stereocenters. The van der Waals surface area contributed by atoms with E-state index in [9.17, 15) is 8.78 Å². The van der Waals surface area contributed by atoms with Crippen LogP contribution in [0.3, 0.4) is 0 Å². The van der Waals surface area contributed by atoms with Crippen LogP contribution in [0.4, 0.5) is 8.78 Å². The van der Waals surface area contributed by atoms with Crippen molar-refractivity contribution in [3.8, 4) is 11.1 Å². The first-order valence-electron chi connectivity index (χ1n) is 5.40. The predicted octanol–water partition coefficient (Wildman–Crippen LogP) is 3.35. The molecule has 0 aromatic heterocycles. The molecule has 0 fully saturated rings. The van der Waals surface area contributed by atoms with Gasteiger partial charge in [0.2, 0.25) is 0 Å². The van der Waals surface area contributed by atoms with Crippen LogP contribution < -0.4 is 5.32 Å². The standard InChI is InChI=1S/C14H13F2N/c1-17-9-10-5-7-11(8-6-10)12-3-2-4-13(15)14(12)16/h2-8,17H,9H2,1H3. The highest BCUT2D eigenvalue weighted by Gasteiger charge is 2.08. The summed E-state index contributed by atoms with van der Waals surface area (Å²) in [6, 6.07) is 11.6. The smallest absolute Gasteiger partial charge is 0.166 e. The maximum atomic E-state index is 13.5. The number of benzene rings is 2. The van der Waals surface area contributed by atoms with Gasteiger partial charge in [0.05, 0.1) is 0 Å². The molecular formula is C14H13F2N. The second-order valence-electron chi connectivity index (χ2n) is 3.83. The van der Waals surface area contributed by atoms with Crippen LogP contribution in [-0.4, -0.2) is 7.05 Å². The number of hydrogen-bond donors (Lipinski definition) is 1. The molecule has 1 nitrogen and oxygen atoms in total. The summed E-state index contributed by atoms with van der Waals surface area (Å²) in [6.07, 6.45) is 0. The van der Waals surface area contributed by atoms with E-state index in [0.29, 0.717) is 11.1 Å². The van der Waals surface area contributed by atoms with E-state index < -0.39 is 11.6 Å². The lowest BCUT2D eigenvalue weighted by Gasteiger charge is -2.05. The monoisotopic (exact) mass is 233 g/mol. The van der Waals surface area contributed by atoms with Crippen LogP contribution in [0.1, 0.15) is 5.56 Å². The van der Waals surface area contributed by atoms with Crippen molar-refractivity contribution in [2.75, 3.05) is 7.05 Å². The largest absolute Gasteiger partial charge is 0.316 e. The third kappa shape index (κ3) is 2.50. The lowest BCUT2D eigenvalue weighted by molar-refractivity contribution is 0.511. The number of hydrogen-bond acceptors (Lipinski definition) is 1. The highest BCUT2D eigenvalue weighted by atomic mass is 19.2. The molecule has 88 valence electrons. The normalized spacial score (nSPS) is 10.5. The van der Waals surface area contributed by atoms with E-state index in [1.165, 1.54) is 6.07 Å². The summed E-state index contributed by atoms with van der Waals surface area (Å²) >= 11 is 0. The number of halogens is 2. The SMILES string of the molecule is CNCc1ccc(-c2cccc(F)c2F)cc1. The molecular weight excluding hydrogens is 220 g/mol. The summed E-state index contributed by atoms with van der Waals surface area (Å²) in [6.45, 7) is 0.756. The predicted molar refractivity (Wildman–Crippen MR) is 64.6 cm³/mol. The van der Waals surface area contributed by atoms with E-state index in [2.05, 4.69) is 5.32 Å². The maximum Gasteiger partial charge on any atom is 0.166 e. The molecule has 0 saturated carbocycles. The summed E-state index contributed by atoms with van der Waals surface area (Å²) in [7, 11) is 1.86. The Hall–Kier alpha value is -1.74. The fourth-order valence-corrected chi connectivity index (χ4v) is 1.73. The van der Waals surface area contributed by atoms with Gasteiger partial charge in [-0.05, 0) is 24.2 Å². The second kappa shape index (κ2) is 5.06. The summed E-state index contributed by atoms with van der Waals surface area (Å²) in [5.41, 5.74) is 2.08. The van der Waals surface area contributed by atoms with Crippen LogP contribution in [0.2, 0.25) is 0 Å². The molecule has 2 aromatic rings. The molecule has 3 heteroatoms. The molecule has 0 unspecified atom stereocenters. The highest BCUT2D eigenvalue weighted by molar-refractivity contribution is 5.64. The molecule has 1 N–H and O–H groups in total. The van der Waals surface area contributed by atoms with Gasteiger partial charge >= 0.3 is 0 Å². The quantitative estimate of drug-likeness (QED) is 0.857. The van der Waals surface area contributed by atoms with Crippen LogP contribution >= 0.6 is 0 Å². The Labute approximate surface area is 99.1 Å². The molecule has 0 aliphatic carbocycles. The van der Waals surface area contributed by atoms with Crippen LogP contribution in [0.15, 0.2) is 42.5 Å². The Morgan fingerprint density at radius 2 is 1.71 bits per heavy atom. The molecule has 0 radical (unpaired) electrons. The minimum absolute atomic E-state index is 0.293. The molecule has 17 heavy (non-hydrogen) atoms. The van der Waals surface area contributed by atoms with Crippen LogP contribution in [0.5, 0.6) is 0 Å². The van der Waals surface area contributed by atoms with E-state index >= 15 is 0 Å². The zero-order chi connectivity index (χ0) is 12.3. The molecule has 2 aromatic carbocycles. The Morgan fingerprint density at radius 3 is 2.35 bits per heavy atom. The van der Waals surface area contributed by atoms with Crippen molar-refractivity contribution >= 4 is 0 Å². The zero-order valence-corrected chi connectivity index (χ0v) is 9.50. The summed E-state index contributed by atoms with van der Waals surface area (Å²) in [5, 5.41) is 3.03. The van der Waals surface area contributed by atoms with Gasteiger partial charge in [-0.1, -0.05) is 36.4 Å². The lowest BCUT2D eigenvalue weighted by Crippen LogP contribution is -2.04. The second-order valence-corrected chi connectivity index (χ2v) is 3.83. The third-order valence-corrected chi connectivity index (χ3v) is 2.60. The van der Waals surface area contributed by atoms with Crippen molar-refractivity contribution < 1.29 is 8.78 Å². The van der Waals surface area contributed by atoms with Gasteiger partial charge in [0.1, 0.15) is 0 Å². The van der Waals surface area contributed by atoms with Crippen LogP contribution in [-0.2, 0) is 6.54 Å². The average Bonchev–Trinajstić information content (AvgIpc) is 2.34. The molecule has 0 saturated heterocycles. The molecule has 0 amide bonds. The summed E-state index contributed by atoms with van der Waals surface area (Å²) < 4.78 is 26.6. The van der Waals surface area contributed by atoms with E-state index in [4.69, 9.17) is 0 Å². The molecule has 0 aliphatic heterocycles. The van der Waals surface area contributed by atoms with Crippen molar-refractivity contribution in [2.45, 2.75) is 6.54 Å². The van der Waals surface area contributed by atoms with Crippen molar-refractivity contribution in [2.24, 2.45) is 0 Å². The van der Waals surface area contributed by atoms with Gasteiger partial charge in [-0.3, -0.25) is 0 Å². The van der Waals surface area contributed by atoms with Crippen molar-refractivity contribution in [1.82, 2.24) is 5.32 Å². The molecule has 0 aliphatic rings. The topological polar surface area (TPSA) is 12.0 Å². The Morgan fingerprint density at radius 1 is 1.00 bits per heavy atom. The Balaban J connectivity index is 2.36. The van der Waals surface area contributed by atoms with Crippen molar-refractivity contribution in [3.63, 3.8) is 0 Å². The van der Waals surface area contributed by atoms with E-state index in [1.54, 1.807) is 18.2 Å². The Kier molecular flexibility index (Phi) is 3.49. The fraction of sp³-hybridized carbons (Fsp3) is 0.143. The van der Waals surface area contributed by atoms with Gasteiger partial charge in [-0.25, -0.2) is 8.78 Å². The van der Waals surface area contributed by atoms with Crippen LogP contribution in [0, 0.1) is 11.6 Å². The first kappa shape index (κ1) is 11.7. The van der Waals surface area contributed by atoms with Crippen molar-refractivity contribution in [3.05, 3.63) is 59.7 Å². The summed E-state index contributed by atoms with van der Waals surface area (Å²) in [4.78, 5) is 0. The number of rotatable bonds is 3. The Bertz CT molecular complexity index is 506. The fourth-order valence-electron chi connectivity index (χ4n) is 1.73. The molecule has 0 spiro atoms. The van der Waals surface area contributed by atoms with Gasteiger partial charge in [0.25, 0.3) is 0 Å². The first-order chi connectivity index (χ1) is 8.22. The average molecular weight is 233 g/mol. The molecule has 2 rings (SSSR count). The van der Waals surface area contributed by atoms with E-state index in [1.807, 2.05) is 19.2 Å². The first-order valence-corrected chi connectivity index (χ1v) is 5.40. The van der Waals surface area contributed by atoms with Gasteiger partial charge in [-0.2, -0.15) is 0 Å². The molecule has 0 bridgehead atoms. The van der Waals surface area contributed by atoms with E-state index in [-0.39, 0.29) is 0 Å². The van der Waals surface area contributed by atoms with E-state index in [0.717, 1.165) is 18.2 Å². The minimum Gasteiger partial charge on any atom is -0.316 e. The van der Waals surface area contributed by atoms with Gasteiger partial charge < -0.3 is 5.32 Å². The lowest BCUT2D eigenvalue weighted by atomic mass is 10.0. The third-order valence-electron chi connectivity index (χ3n) is 2.60. The van der Waals surface area contributed by atoms with Gasteiger partial charge in [-0.15, -0.1) is 0 Å². The van der Waals surface area contributed by atoms with Crippen molar-refractivity contribution in [1.29, 1.82) is 0 Å². The summed E-state index contributed by atoms with van der Waals surface area (Å²) in [5.74, 6) is -1.62. The van der Waals surface area contributed by atoms with Gasteiger partial charge in [0, 0.05) is 12.1 Å². The highest BCUT2D eigenvalue weighted by Crippen LogP contribution is 2.24. The number of nitrogens with one attached hydrogen (secondary N) is 1. The van der Waals surface area contributed by atoms with Gasteiger partial charge in [0.15, 0.2) is 11.6 Å². The maximum absolute atomic E-state index is 13.5.